The molecule has 0 saturated heterocycles. The van der Waals surface area contributed by atoms with E-state index in [1.165, 1.54) is 0 Å². The molecule has 0 atom stereocenters. The lowest BCUT2D eigenvalue weighted by atomic mass is 10.1. The molecule has 0 aliphatic rings. The molecule has 2 aromatic rings. The van der Waals surface area contributed by atoms with Crippen molar-refractivity contribution in [3.8, 4) is 12.1 Å². The van der Waals surface area contributed by atoms with Gasteiger partial charge in [0.25, 0.3) is 0 Å². The van der Waals surface area contributed by atoms with E-state index in [1.54, 1.807) is 12.1 Å². The Hall–Kier alpha value is -2.39. The predicted octanol–water partition coefficient (Wildman–Crippen LogP) is 2.80. The quantitative estimate of drug-likeness (QED) is 0.883. The van der Waals surface area contributed by atoms with E-state index >= 15 is 0 Å². The van der Waals surface area contributed by atoms with Gasteiger partial charge >= 0.3 is 6.01 Å². The number of rotatable bonds is 6. The van der Waals surface area contributed by atoms with Crippen LogP contribution in [0.3, 0.4) is 0 Å². The highest BCUT2D eigenvalue weighted by atomic mass is 35.5. The lowest BCUT2D eigenvalue weighted by Gasteiger charge is -2.07. The van der Waals surface area contributed by atoms with Crippen molar-refractivity contribution in [2.24, 2.45) is 0 Å². The van der Waals surface area contributed by atoms with Crippen LogP contribution in [-0.4, -0.2) is 21.6 Å². The SMILES string of the molecule is CCCOc1nc(Cl)nc(NCc2cccc(C#N)c2)n1. The van der Waals surface area contributed by atoms with Gasteiger partial charge in [-0.1, -0.05) is 19.1 Å². The Bertz CT molecular complexity index is 656. The number of nitrogens with zero attached hydrogens (tertiary/aromatic N) is 4. The normalized spacial score (nSPS) is 9.95. The van der Waals surface area contributed by atoms with Crippen molar-refractivity contribution in [1.29, 1.82) is 5.26 Å². The number of hydrogen-bond donors (Lipinski definition) is 1. The van der Waals surface area contributed by atoms with E-state index < -0.39 is 0 Å². The first-order valence-electron chi connectivity index (χ1n) is 6.48. The maximum atomic E-state index is 8.87. The topological polar surface area (TPSA) is 83.7 Å². The molecule has 1 N–H and O–H groups in total. The Balaban J connectivity index is 2.05. The van der Waals surface area contributed by atoms with Gasteiger partial charge in [0.1, 0.15) is 0 Å². The number of benzene rings is 1. The van der Waals surface area contributed by atoms with Crippen LogP contribution < -0.4 is 10.1 Å². The smallest absolute Gasteiger partial charge is 0.322 e. The fourth-order valence-electron chi connectivity index (χ4n) is 1.60. The molecular formula is C14H14ClN5O. The first-order chi connectivity index (χ1) is 10.2. The number of nitrogens with one attached hydrogen (secondary N) is 1. The van der Waals surface area contributed by atoms with Crippen molar-refractivity contribution in [2.75, 3.05) is 11.9 Å². The molecule has 1 aromatic heterocycles. The summed E-state index contributed by atoms with van der Waals surface area (Å²) < 4.78 is 5.34. The monoisotopic (exact) mass is 303 g/mol. The molecule has 0 spiro atoms. The van der Waals surface area contributed by atoms with E-state index in [1.807, 2.05) is 19.1 Å². The molecule has 0 amide bonds. The molecule has 0 aliphatic carbocycles. The molecule has 0 aliphatic heterocycles. The Morgan fingerprint density at radius 3 is 2.95 bits per heavy atom. The van der Waals surface area contributed by atoms with E-state index in [-0.39, 0.29) is 11.3 Å². The summed E-state index contributed by atoms with van der Waals surface area (Å²) in [5.41, 5.74) is 1.55. The van der Waals surface area contributed by atoms with Crippen LogP contribution >= 0.6 is 11.6 Å². The van der Waals surface area contributed by atoms with Crippen molar-refractivity contribution in [2.45, 2.75) is 19.9 Å². The van der Waals surface area contributed by atoms with Crippen LogP contribution in [0.5, 0.6) is 6.01 Å². The average molecular weight is 304 g/mol. The second kappa shape index (κ2) is 7.41. The van der Waals surface area contributed by atoms with E-state index in [9.17, 15) is 0 Å². The van der Waals surface area contributed by atoms with Gasteiger partial charge in [-0.2, -0.15) is 20.2 Å². The first kappa shape index (κ1) is 15.0. The lowest BCUT2D eigenvalue weighted by Crippen LogP contribution is -2.07. The summed E-state index contributed by atoms with van der Waals surface area (Å²) >= 11 is 5.83. The van der Waals surface area contributed by atoms with E-state index in [2.05, 4.69) is 26.3 Å². The minimum absolute atomic E-state index is 0.0735. The molecule has 0 unspecified atom stereocenters. The number of aromatic nitrogens is 3. The van der Waals surface area contributed by atoms with Gasteiger partial charge in [0, 0.05) is 6.54 Å². The van der Waals surface area contributed by atoms with Crippen LogP contribution in [0.25, 0.3) is 0 Å². The van der Waals surface area contributed by atoms with Gasteiger partial charge in [0.05, 0.1) is 18.2 Å². The standard InChI is InChI=1S/C14H14ClN5O/c1-2-6-21-14-19-12(15)18-13(20-14)17-9-11-5-3-4-10(7-11)8-16/h3-5,7H,2,6,9H2,1H3,(H,17,18,19,20). The molecule has 0 bridgehead atoms. The molecule has 0 fully saturated rings. The van der Waals surface area contributed by atoms with E-state index in [4.69, 9.17) is 21.6 Å². The van der Waals surface area contributed by atoms with Crippen molar-refractivity contribution in [3.05, 3.63) is 40.7 Å². The zero-order chi connectivity index (χ0) is 15.1. The van der Waals surface area contributed by atoms with Crippen LogP contribution in [0.4, 0.5) is 5.95 Å². The molecule has 0 radical (unpaired) electrons. The summed E-state index contributed by atoms with van der Waals surface area (Å²) in [5.74, 6) is 0.337. The molecular weight excluding hydrogens is 290 g/mol. The third-order valence-electron chi connectivity index (χ3n) is 2.53. The molecule has 1 aromatic carbocycles. The molecule has 6 nitrogen and oxygen atoms in total. The highest BCUT2D eigenvalue weighted by Gasteiger charge is 2.06. The summed E-state index contributed by atoms with van der Waals surface area (Å²) in [7, 11) is 0. The second-order valence-electron chi connectivity index (χ2n) is 4.22. The largest absolute Gasteiger partial charge is 0.463 e. The van der Waals surface area contributed by atoms with Gasteiger partial charge in [-0.05, 0) is 35.7 Å². The predicted molar refractivity (Wildman–Crippen MR) is 79.1 cm³/mol. The molecule has 21 heavy (non-hydrogen) atoms. The second-order valence-corrected chi connectivity index (χ2v) is 4.56. The maximum absolute atomic E-state index is 8.87. The van der Waals surface area contributed by atoms with Crippen LogP contribution in [-0.2, 0) is 6.54 Å². The van der Waals surface area contributed by atoms with Crippen molar-refractivity contribution >= 4 is 17.5 Å². The fourth-order valence-corrected chi connectivity index (χ4v) is 1.75. The Morgan fingerprint density at radius 2 is 2.19 bits per heavy atom. The molecule has 2 rings (SSSR count). The van der Waals surface area contributed by atoms with E-state index in [0.717, 1.165) is 12.0 Å². The summed E-state index contributed by atoms with van der Waals surface area (Å²) in [6.07, 6.45) is 0.854. The minimum Gasteiger partial charge on any atom is -0.463 e. The van der Waals surface area contributed by atoms with Gasteiger partial charge in [0.15, 0.2) is 0 Å². The third-order valence-corrected chi connectivity index (χ3v) is 2.70. The summed E-state index contributed by atoms with van der Waals surface area (Å²) in [5, 5.41) is 12.0. The number of ether oxygens (including phenoxy) is 1. The van der Waals surface area contributed by atoms with Gasteiger partial charge in [-0.25, -0.2) is 0 Å². The van der Waals surface area contributed by atoms with Gasteiger partial charge in [0.2, 0.25) is 11.2 Å². The number of anilines is 1. The Kier molecular flexibility index (Phi) is 5.29. The number of hydrogen-bond acceptors (Lipinski definition) is 6. The minimum atomic E-state index is 0.0735. The molecule has 7 heteroatoms. The molecule has 108 valence electrons. The van der Waals surface area contributed by atoms with Crippen LogP contribution in [0.2, 0.25) is 5.28 Å². The zero-order valence-corrected chi connectivity index (χ0v) is 12.3. The lowest BCUT2D eigenvalue weighted by molar-refractivity contribution is 0.291. The van der Waals surface area contributed by atoms with Crippen LogP contribution in [0.1, 0.15) is 24.5 Å². The van der Waals surface area contributed by atoms with Gasteiger partial charge < -0.3 is 10.1 Å². The number of nitriles is 1. The Labute approximate surface area is 127 Å². The summed E-state index contributed by atoms with van der Waals surface area (Å²) in [4.78, 5) is 12.0. The van der Waals surface area contributed by atoms with Crippen LogP contribution in [0.15, 0.2) is 24.3 Å². The van der Waals surface area contributed by atoms with Crippen LogP contribution in [0, 0.1) is 11.3 Å². The fraction of sp³-hybridized carbons (Fsp3) is 0.286. The first-order valence-corrected chi connectivity index (χ1v) is 6.86. The number of halogens is 1. The van der Waals surface area contributed by atoms with Gasteiger partial charge in [-0.3, -0.25) is 0 Å². The maximum Gasteiger partial charge on any atom is 0.322 e. The van der Waals surface area contributed by atoms with E-state index in [0.29, 0.717) is 24.7 Å². The average Bonchev–Trinajstić information content (AvgIpc) is 2.50. The van der Waals surface area contributed by atoms with Crippen molar-refractivity contribution in [1.82, 2.24) is 15.0 Å². The van der Waals surface area contributed by atoms with Crippen molar-refractivity contribution in [3.63, 3.8) is 0 Å². The van der Waals surface area contributed by atoms with Gasteiger partial charge in [-0.15, -0.1) is 0 Å². The zero-order valence-electron chi connectivity index (χ0n) is 11.5. The molecule has 1 heterocycles. The molecule has 0 saturated carbocycles. The highest BCUT2D eigenvalue weighted by molar-refractivity contribution is 6.28. The summed E-state index contributed by atoms with van der Waals surface area (Å²) in [6, 6.07) is 9.57. The Morgan fingerprint density at radius 1 is 1.33 bits per heavy atom. The highest BCUT2D eigenvalue weighted by Crippen LogP contribution is 2.13. The van der Waals surface area contributed by atoms with Crippen molar-refractivity contribution < 1.29 is 4.74 Å². The summed E-state index contributed by atoms with van der Waals surface area (Å²) in [6.45, 7) is 2.98. The third kappa shape index (κ3) is 4.58.